The van der Waals surface area contributed by atoms with E-state index < -0.39 is 0 Å². The standard InChI is InChI=1S/C19H19N3O2S2/c1-12-8-9-14(10-13(12)2)18-21-22-19(24-18)26-11-17(23)20-15-6-4-5-7-16(15)25-3/h4-10H,11H2,1-3H3,(H,20,23). The van der Waals surface area contributed by atoms with Crippen molar-refractivity contribution < 1.29 is 9.21 Å². The van der Waals surface area contributed by atoms with Gasteiger partial charge in [-0.25, -0.2) is 0 Å². The Bertz CT molecular complexity index is 925. The number of carbonyl (C=O) groups is 1. The molecule has 0 atom stereocenters. The quantitative estimate of drug-likeness (QED) is 0.614. The Hall–Kier alpha value is -2.25. The van der Waals surface area contributed by atoms with Crippen molar-refractivity contribution in [1.82, 2.24) is 10.2 Å². The molecule has 1 amide bonds. The predicted molar refractivity (Wildman–Crippen MR) is 107 cm³/mol. The minimum Gasteiger partial charge on any atom is -0.411 e. The fourth-order valence-corrected chi connectivity index (χ4v) is 3.44. The maximum absolute atomic E-state index is 12.2. The third kappa shape index (κ3) is 4.47. The lowest BCUT2D eigenvalue weighted by Gasteiger charge is -2.08. The third-order valence-electron chi connectivity index (χ3n) is 3.87. The van der Waals surface area contributed by atoms with Gasteiger partial charge < -0.3 is 9.73 Å². The van der Waals surface area contributed by atoms with Gasteiger partial charge in [-0.3, -0.25) is 4.79 Å². The van der Waals surface area contributed by atoms with Crippen LogP contribution in [0.1, 0.15) is 11.1 Å². The number of amides is 1. The molecule has 0 radical (unpaired) electrons. The number of benzene rings is 2. The first-order valence-corrected chi connectivity index (χ1v) is 10.2. The SMILES string of the molecule is CSc1ccccc1NC(=O)CSc1nnc(-c2ccc(C)c(C)c2)o1. The first-order valence-electron chi connectivity index (χ1n) is 8.03. The lowest BCUT2D eigenvalue weighted by molar-refractivity contribution is -0.113. The largest absolute Gasteiger partial charge is 0.411 e. The van der Waals surface area contributed by atoms with Crippen LogP contribution in [-0.4, -0.2) is 28.1 Å². The van der Waals surface area contributed by atoms with E-state index in [-0.39, 0.29) is 11.7 Å². The molecule has 0 fully saturated rings. The number of thioether (sulfide) groups is 2. The molecule has 3 aromatic rings. The lowest BCUT2D eigenvalue weighted by atomic mass is 10.1. The van der Waals surface area contributed by atoms with E-state index >= 15 is 0 Å². The average Bonchev–Trinajstić information content (AvgIpc) is 3.12. The van der Waals surface area contributed by atoms with E-state index in [0.29, 0.717) is 11.1 Å². The van der Waals surface area contributed by atoms with Crippen LogP contribution in [0.5, 0.6) is 0 Å². The Kier molecular flexibility index (Phi) is 6.00. The Labute approximate surface area is 161 Å². The lowest BCUT2D eigenvalue weighted by Crippen LogP contribution is -2.14. The predicted octanol–water partition coefficient (Wildman–Crippen LogP) is 4.81. The van der Waals surface area contributed by atoms with Crippen LogP contribution in [0.2, 0.25) is 0 Å². The fraction of sp³-hybridized carbons (Fsp3) is 0.211. The van der Waals surface area contributed by atoms with Crippen molar-refractivity contribution in [2.45, 2.75) is 24.0 Å². The van der Waals surface area contributed by atoms with Crippen LogP contribution in [0, 0.1) is 13.8 Å². The summed E-state index contributed by atoms with van der Waals surface area (Å²) < 4.78 is 5.67. The van der Waals surface area contributed by atoms with Gasteiger partial charge in [0.2, 0.25) is 11.8 Å². The molecular weight excluding hydrogens is 366 g/mol. The van der Waals surface area contributed by atoms with Crippen molar-refractivity contribution in [1.29, 1.82) is 0 Å². The minimum atomic E-state index is -0.109. The molecule has 0 saturated heterocycles. The Morgan fingerprint density at radius 2 is 1.92 bits per heavy atom. The highest BCUT2D eigenvalue weighted by Crippen LogP contribution is 2.26. The summed E-state index contributed by atoms with van der Waals surface area (Å²) in [6.07, 6.45) is 1.98. The smallest absolute Gasteiger partial charge is 0.277 e. The first kappa shape index (κ1) is 18.5. The number of nitrogens with zero attached hydrogens (tertiary/aromatic N) is 2. The summed E-state index contributed by atoms with van der Waals surface area (Å²) >= 11 is 2.82. The third-order valence-corrected chi connectivity index (χ3v) is 5.48. The molecule has 7 heteroatoms. The maximum Gasteiger partial charge on any atom is 0.277 e. The molecule has 1 heterocycles. The maximum atomic E-state index is 12.2. The minimum absolute atomic E-state index is 0.109. The van der Waals surface area contributed by atoms with Gasteiger partial charge in [0.1, 0.15) is 0 Å². The number of anilines is 1. The van der Waals surface area contributed by atoms with Crippen molar-refractivity contribution in [3.63, 3.8) is 0 Å². The number of aromatic nitrogens is 2. The molecule has 2 aromatic carbocycles. The van der Waals surface area contributed by atoms with Gasteiger partial charge in [-0.05, 0) is 55.5 Å². The van der Waals surface area contributed by atoms with Gasteiger partial charge in [0.05, 0.1) is 11.4 Å². The highest BCUT2D eigenvalue weighted by Gasteiger charge is 2.12. The molecule has 1 N–H and O–H groups in total. The zero-order valence-electron chi connectivity index (χ0n) is 14.8. The van der Waals surface area contributed by atoms with Gasteiger partial charge in [0.15, 0.2) is 0 Å². The molecule has 0 unspecified atom stereocenters. The van der Waals surface area contributed by atoms with E-state index in [1.807, 2.05) is 55.6 Å². The van der Waals surface area contributed by atoms with Crippen molar-refractivity contribution in [2.75, 3.05) is 17.3 Å². The summed E-state index contributed by atoms with van der Waals surface area (Å²) in [5, 5.41) is 11.4. The summed E-state index contributed by atoms with van der Waals surface area (Å²) in [6, 6.07) is 13.7. The van der Waals surface area contributed by atoms with Crippen LogP contribution in [0.4, 0.5) is 5.69 Å². The summed E-state index contributed by atoms with van der Waals surface area (Å²) in [6.45, 7) is 4.10. The van der Waals surface area contributed by atoms with Crippen molar-refractivity contribution in [3.8, 4) is 11.5 Å². The van der Waals surface area contributed by atoms with Crippen molar-refractivity contribution in [2.24, 2.45) is 0 Å². The van der Waals surface area contributed by atoms with Crippen molar-refractivity contribution in [3.05, 3.63) is 53.6 Å². The molecule has 26 heavy (non-hydrogen) atoms. The molecule has 0 saturated carbocycles. The van der Waals surface area contributed by atoms with Gasteiger partial charge in [-0.15, -0.1) is 22.0 Å². The first-order chi connectivity index (χ1) is 12.6. The van der Waals surface area contributed by atoms with E-state index in [2.05, 4.69) is 22.4 Å². The van der Waals surface area contributed by atoms with E-state index in [0.717, 1.165) is 16.1 Å². The molecule has 1 aromatic heterocycles. The number of hydrogen-bond acceptors (Lipinski definition) is 6. The number of aryl methyl sites for hydroxylation is 2. The van der Waals surface area contributed by atoms with Crippen molar-refractivity contribution >= 4 is 35.1 Å². The second-order valence-electron chi connectivity index (χ2n) is 5.71. The number of carbonyl (C=O) groups excluding carboxylic acids is 1. The molecule has 0 aliphatic carbocycles. The topological polar surface area (TPSA) is 68.0 Å². The van der Waals surface area contributed by atoms with Crippen LogP contribution in [0.25, 0.3) is 11.5 Å². The molecule has 134 valence electrons. The zero-order chi connectivity index (χ0) is 18.5. The highest BCUT2D eigenvalue weighted by atomic mass is 32.2. The zero-order valence-corrected chi connectivity index (χ0v) is 16.4. The van der Waals surface area contributed by atoms with Crippen LogP contribution < -0.4 is 5.32 Å². The summed E-state index contributed by atoms with van der Waals surface area (Å²) in [7, 11) is 0. The van der Waals surface area contributed by atoms with Gasteiger partial charge in [-0.1, -0.05) is 30.0 Å². The van der Waals surface area contributed by atoms with Crippen LogP contribution in [0.15, 0.2) is 57.0 Å². The molecule has 0 aliphatic heterocycles. The highest BCUT2D eigenvalue weighted by molar-refractivity contribution is 7.99. The Balaban J connectivity index is 1.61. The number of para-hydroxylation sites is 1. The fourth-order valence-electron chi connectivity index (χ4n) is 2.32. The number of nitrogens with one attached hydrogen (secondary N) is 1. The molecule has 0 spiro atoms. The molecular formula is C19H19N3O2S2. The number of rotatable bonds is 6. The van der Waals surface area contributed by atoms with Gasteiger partial charge >= 0.3 is 0 Å². The van der Waals surface area contributed by atoms with Gasteiger partial charge in [0, 0.05) is 10.5 Å². The van der Waals surface area contributed by atoms with Gasteiger partial charge in [-0.2, -0.15) is 0 Å². The van der Waals surface area contributed by atoms with E-state index in [1.165, 1.54) is 22.9 Å². The van der Waals surface area contributed by atoms with Gasteiger partial charge in [0.25, 0.3) is 5.22 Å². The average molecular weight is 386 g/mol. The Morgan fingerprint density at radius 1 is 1.12 bits per heavy atom. The van der Waals surface area contributed by atoms with E-state index in [9.17, 15) is 4.79 Å². The van der Waals surface area contributed by atoms with E-state index in [4.69, 9.17) is 4.42 Å². The van der Waals surface area contributed by atoms with E-state index in [1.54, 1.807) is 11.8 Å². The van der Waals surface area contributed by atoms with Crippen LogP contribution >= 0.6 is 23.5 Å². The van der Waals surface area contributed by atoms with Crippen LogP contribution in [-0.2, 0) is 4.79 Å². The normalized spacial score (nSPS) is 10.7. The second kappa shape index (κ2) is 8.42. The summed E-state index contributed by atoms with van der Waals surface area (Å²) in [5.74, 6) is 0.559. The monoisotopic (exact) mass is 385 g/mol. The summed E-state index contributed by atoms with van der Waals surface area (Å²) in [4.78, 5) is 13.2. The molecule has 0 aliphatic rings. The molecule has 0 bridgehead atoms. The number of hydrogen-bond donors (Lipinski definition) is 1. The summed E-state index contributed by atoms with van der Waals surface area (Å²) in [5.41, 5.74) is 4.07. The van der Waals surface area contributed by atoms with Crippen LogP contribution in [0.3, 0.4) is 0 Å². The molecule has 5 nitrogen and oxygen atoms in total. The molecule has 3 rings (SSSR count). The second-order valence-corrected chi connectivity index (χ2v) is 7.48. The Morgan fingerprint density at radius 3 is 2.69 bits per heavy atom.